The molecule has 4 N–H and O–H groups in total. The molecule has 3 rings (SSSR count). The van der Waals surface area contributed by atoms with Gasteiger partial charge in [0.1, 0.15) is 5.82 Å². The highest BCUT2D eigenvalue weighted by atomic mass is 19.1. The summed E-state index contributed by atoms with van der Waals surface area (Å²) in [6.07, 6.45) is 2.18. The Hall–Kier alpha value is -3.71. The van der Waals surface area contributed by atoms with Crippen LogP contribution >= 0.6 is 0 Å². The first-order chi connectivity index (χ1) is 17.8. The maximum atomic E-state index is 13.3. The van der Waals surface area contributed by atoms with Crippen molar-refractivity contribution in [3.8, 4) is 0 Å². The van der Waals surface area contributed by atoms with Gasteiger partial charge in [0.2, 0.25) is 0 Å². The predicted octanol–water partition coefficient (Wildman–Crippen LogP) is 5.25. The zero-order chi connectivity index (χ0) is 26.8. The van der Waals surface area contributed by atoms with Crippen LogP contribution in [0, 0.1) is 5.82 Å². The van der Waals surface area contributed by atoms with Crippen LogP contribution in [0.1, 0.15) is 71.0 Å². The molecule has 0 radical (unpaired) electrons. The first-order valence-electron chi connectivity index (χ1n) is 12.7. The van der Waals surface area contributed by atoms with Gasteiger partial charge in [0, 0.05) is 23.9 Å². The minimum atomic E-state index is -0.698. The molecule has 0 saturated heterocycles. The highest BCUT2D eigenvalue weighted by molar-refractivity contribution is 6.01. The summed E-state index contributed by atoms with van der Waals surface area (Å²) in [5.74, 6) is -1.06. The summed E-state index contributed by atoms with van der Waals surface area (Å²) in [6.45, 7) is 3.87. The van der Waals surface area contributed by atoms with Crippen molar-refractivity contribution in [1.29, 1.82) is 0 Å². The molecular formula is C30H36FN3O3. The number of amides is 2. The molecule has 0 heterocycles. The van der Waals surface area contributed by atoms with E-state index in [1.54, 1.807) is 37.4 Å². The number of unbranched alkanes of at least 4 members (excludes halogenated alkanes) is 1. The highest BCUT2D eigenvalue weighted by Gasteiger charge is 2.23. The van der Waals surface area contributed by atoms with E-state index in [1.165, 1.54) is 12.1 Å². The zero-order valence-electron chi connectivity index (χ0n) is 21.6. The minimum Gasteiger partial charge on any atom is -0.391 e. The zero-order valence-corrected chi connectivity index (χ0v) is 21.6. The van der Waals surface area contributed by atoms with Crippen molar-refractivity contribution in [3.05, 3.63) is 101 Å². The lowest BCUT2D eigenvalue weighted by atomic mass is 9.97. The molecular weight excluding hydrogens is 469 g/mol. The van der Waals surface area contributed by atoms with Gasteiger partial charge in [-0.15, -0.1) is 0 Å². The van der Waals surface area contributed by atoms with Crippen LogP contribution in [0.3, 0.4) is 0 Å². The lowest BCUT2D eigenvalue weighted by molar-refractivity contribution is 0.0809. The van der Waals surface area contributed by atoms with Crippen LogP contribution < -0.4 is 16.0 Å². The van der Waals surface area contributed by atoms with Gasteiger partial charge in [0.05, 0.1) is 18.2 Å². The van der Waals surface area contributed by atoms with Crippen molar-refractivity contribution in [2.45, 2.75) is 57.7 Å². The summed E-state index contributed by atoms with van der Waals surface area (Å²) in [7, 11) is 1.71. The fraction of sp³-hybridized carbons (Fsp3) is 0.333. The normalized spacial score (nSPS) is 13.3. The molecule has 37 heavy (non-hydrogen) atoms. The fourth-order valence-corrected chi connectivity index (χ4v) is 4.17. The average molecular weight is 506 g/mol. The van der Waals surface area contributed by atoms with Crippen LogP contribution in [-0.2, 0) is 6.42 Å². The molecule has 0 unspecified atom stereocenters. The molecule has 0 fully saturated rings. The molecule has 0 aromatic heterocycles. The van der Waals surface area contributed by atoms with Crippen molar-refractivity contribution in [3.63, 3.8) is 0 Å². The van der Waals surface area contributed by atoms with Crippen LogP contribution in [0.5, 0.6) is 0 Å². The number of benzene rings is 3. The topological polar surface area (TPSA) is 90.5 Å². The number of hydrogen-bond acceptors (Lipinski definition) is 4. The Balaban J connectivity index is 1.79. The number of halogens is 1. The third-order valence-corrected chi connectivity index (χ3v) is 6.40. The van der Waals surface area contributed by atoms with E-state index >= 15 is 0 Å². The Labute approximate surface area is 218 Å². The van der Waals surface area contributed by atoms with Crippen molar-refractivity contribution < 1.29 is 19.1 Å². The second-order valence-electron chi connectivity index (χ2n) is 9.27. The van der Waals surface area contributed by atoms with Gasteiger partial charge in [-0.05, 0) is 61.2 Å². The molecule has 3 aromatic rings. The van der Waals surface area contributed by atoms with Crippen LogP contribution in [0.4, 0.5) is 10.1 Å². The molecule has 0 bridgehead atoms. The van der Waals surface area contributed by atoms with E-state index in [2.05, 4.69) is 22.9 Å². The minimum absolute atomic E-state index is 0.312. The lowest BCUT2D eigenvalue weighted by Crippen LogP contribution is -2.45. The monoisotopic (exact) mass is 505 g/mol. The molecule has 3 atom stereocenters. The van der Waals surface area contributed by atoms with E-state index in [0.29, 0.717) is 29.7 Å². The van der Waals surface area contributed by atoms with Crippen LogP contribution in [0.25, 0.3) is 0 Å². The smallest absolute Gasteiger partial charge is 0.251 e. The number of nitrogens with one attached hydrogen (secondary N) is 3. The number of aliphatic hydroxyl groups excluding tert-OH is 1. The van der Waals surface area contributed by atoms with Gasteiger partial charge in [0.25, 0.3) is 11.8 Å². The van der Waals surface area contributed by atoms with E-state index in [0.717, 1.165) is 24.0 Å². The Morgan fingerprint density at radius 2 is 1.54 bits per heavy atom. The number of hydrogen-bond donors (Lipinski definition) is 4. The van der Waals surface area contributed by atoms with Crippen molar-refractivity contribution in [1.82, 2.24) is 10.6 Å². The Kier molecular flexibility index (Phi) is 10.2. The van der Waals surface area contributed by atoms with Crippen molar-refractivity contribution in [2.24, 2.45) is 0 Å². The number of rotatable bonds is 12. The van der Waals surface area contributed by atoms with E-state index in [9.17, 15) is 19.1 Å². The van der Waals surface area contributed by atoms with Gasteiger partial charge in [0.15, 0.2) is 0 Å². The molecule has 0 aliphatic rings. The van der Waals surface area contributed by atoms with Gasteiger partial charge >= 0.3 is 0 Å². The molecule has 6 nitrogen and oxygen atoms in total. The molecule has 3 aromatic carbocycles. The standard InChI is InChI=1S/C30H36FN3O3/c1-4-5-11-28(35)27(16-21-9-7-6-8-10-21)34-30(37)24-17-23(18-26(19-24)32-3)29(36)33-20(2)22-12-14-25(31)15-13-22/h6-10,12-15,17-20,27-28,32,35H,4-5,11,16H2,1-3H3,(H,33,36)(H,34,37)/t20-,27+,28+/m1/s1. The number of aliphatic hydroxyl groups is 1. The molecule has 196 valence electrons. The average Bonchev–Trinajstić information content (AvgIpc) is 2.91. The SMILES string of the molecule is CCCC[C@H](O)[C@H](Cc1ccccc1)NC(=O)c1cc(NC)cc(C(=O)N[C@H](C)c2ccc(F)cc2)c1. The largest absolute Gasteiger partial charge is 0.391 e. The predicted molar refractivity (Wildman–Crippen MR) is 145 cm³/mol. The summed E-state index contributed by atoms with van der Waals surface area (Å²) in [6, 6.07) is 19.7. The second kappa shape index (κ2) is 13.6. The Morgan fingerprint density at radius 3 is 2.14 bits per heavy atom. The van der Waals surface area contributed by atoms with Gasteiger partial charge < -0.3 is 21.1 Å². The molecule has 7 heteroatoms. The van der Waals surface area contributed by atoms with Crippen molar-refractivity contribution in [2.75, 3.05) is 12.4 Å². The van der Waals surface area contributed by atoms with Gasteiger partial charge in [-0.3, -0.25) is 9.59 Å². The molecule has 2 amide bonds. The summed E-state index contributed by atoms with van der Waals surface area (Å²) >= 11 is 0. The number of anilines is 1. The maximum absolute atomic E-state index is 13.3. The van der Waals surface area contributed by atoms with Crippen LogP contribution in [0.15, 0.2) is 72.8 Å². The Morgan fingerprint density at radius 1 is 0.919 bits per heavy atom. The number of carbonyl (C=O) groups is 2. The lowest BCUT2D eigenvalue weighted by Gasteiger charge is -2.25. The van der Waals surface area contributed by atoms with Crippen LogP contribution in [0.2, 0.25) is 0 Å². The van der Waals surface area contributed by atoms with Gasteiger partial charge in [-0.1, -0.05) is 62.2 Å². The first kappa shape index (κ1) is 27.9. The van der Waals surface area contributed by atoms with Crippen LogP contribution in [-0.4, -0.2) is 36.1 Å². The molecule has 0 spiro atoms. The second-order valence-corrected chi connectivity index (χ2v) is 9.27. The molecule has 0 saturated carbocycles. The maximum Gasteiger partial charge on any atom is 0.251 e. The van der Waals surface area contributed by atoms with E-state index in [4.69, 9.17) is 0 Å². The molecule has 0 aliphatic carbocycles. The summed E-state index contributed by atoms with van der Waals surface area (Å²) in [5, 5.41) is 19.8. The van der Waals surface area contributed by atoms with Gasteiger partial charge in [-0.25, -0.2) is 4.39 Å². The first-order valence-corrected chi connectivity index (χ1v) is 12.7. The Bertz CT molecular complexity index is 1170. The van der Waals surface area contributed by atoms with E-state index in [1.807, 2.05) is 37.3 Å². The third kappa shape index (κ3) is 8.15. The molecule has 0 aliphatic heterocycles. The fourth-order valence-electron chi connectivity index (χ4n) is 4.17. The third-order valence-electron chi connectivity index (χ3n) is 6.40. The quantitative estimate of drug-likeness (QED) is 0.271. The van der Waals surface area contributed by atoms with Gasteiger partial charge in [-0.2, -0.15) is 0 Å². The summed E-state index contributed by atoms with van der Waals surface area (Å²) in [5.41, 5.74) is 3.02. The number of carbonyl (C=O) groups excluding carboxylic acids is 2. The van der Waals surface area contributed by atoms with Crippen molar-refractivity contribution >= 4 is 17.5 Å². The highest BCUT2D eigenvalue weighted by Crippen LogP contribution is 2.19. The summed E-state index contributed by atoms with van der Waals surface area (Å²) in [4.78, 5) is 26.4. The summed E-state index contributed by atoms with van der Waals surface area (Å²) < 4.78 is 13.3. The van der Waals surface area contributed by atoms with E-state index in [-0.39, 0.29) is 23.7 Å². The van der Waals surface area contributed by atoms with E-state index < -0.39 is 12.1 Å².